The first-order valence-electron chi connectivity index (χ1n) is 6.05. The minimum absolute atomic E-state index is 0.303. The number of aryl methyl sites for hydroxylation is 2. The Morgan fingerprint density at radius 1 is 1.32 bits per heavy atom. The molecule has 2 heterocycles. The van der Waals surface area contributed by atoms with Crippen molar-refractivity contribution in [2.24, 2.45) is 25.6 Å². The molecule has 19 heavy (non-hydrogen) atoms. The van der Waals surface area contributed by atoms with Gasteiger partial charge in [0.25, 0.3) is 5.56 Å². The molecule has 0 unspecified atom stereocenters. The second-order valence-electron chi connectivity index (χ2n) is 4.63. The summed E-state index contributed by atoms with van der Waals surface area (Å²) in [6, 6.07) is 0. The van der Waals surface area contributed by atoms with Crippen molar-refractivity contribution in [1.82, 2.24) is 18.7 Å². The van der Waals surface area contributed by atoms with Crippen molar-refractivity contribution in [3.8, 4) is 0 Å². The molecule has 0 radical (unpaired) electrons. The minimum Gasteiger partial charge on any atom is -0.328 e. The van der Waals surface area contributed by atoms with Crippen LogP contribution in [-0.2, 0) is 20.6 Å². The van der Waals surface area contributed by atoms with Gasteiger partial charge in [-0.2, -0.15) is 0 Å². The van der Waals surface area contributed by atoms with Gasteiger partial charge >= 0.3 is 5.69 Å². The average Bonchev–Trinajstić information content (AvgIpc) is 2.73. The SMILES string of the molecule is Cn1cnc2c1c(=O)n(CCCC(N)N)c(=O)n2C. The molecule has 0 aliphatic carbocycles. The Morgan fingerprint density at radius 3 is 2.63 bits per heavy atom. The lowest BCUT2D eigenvalue weighted by atomic mass is 10.2. The molecule has 2 aromatic heterocycles. The largest absolute Gasteiger partial charge is 0.332 e. The fourth-order valence-electron chi connectivity index (χ4n) is 2.08. The molecule has 0 aliphatic heterocycles. The molecule has 2 aromatic rings. The number of rotatable bonds is 4. The molecular weight excluding hydrogens is 248 g/mol. The Morgan fingerprint density at radius 2 is 2.00 bits per heavy atom. The number of nitrogens with zero attached hydrogens (tertiary/aromatic N) is 4. The number of nitrogens with two attached hydrogens (primary N) is 2. The fraction of sp³-hybridized carbons (Fsp3) is 0.545. The Balaban J connectivity index is 2.52. The summed E-state index contributed by atoms with van der Waals surface area (Å²) in [4.78, 5) is 28.4. The highest BCUT2D eigenvalue weighted by Crippen LogP contribution is 2.03. The summed E-state index contributed by atoms with van der Waals surface area (Å²) in [5.41, 5.74) is 11.0. The van der Waals surface area contributed by atoms with E-state index in [-0.39, 0.29) is 11.2 Å². The molecule has 104 valence electrons. The van der Waals surface area contributed by atoms with Gasteiger partial charge in [-0.15, -0.1) is 0 Å². The molecule has 0 spiro atoms. The number of hydrogen-bond acceptors (Lipinski definition) is 5. The fourth-order valence-corrected chi connectivity index (χ4v) is 2.08. The Hall–Kier alpha value is -1.93. The number of aromatic nitrogens is 4. The number of imidazole rings is 1. The van der Waals surface area contributed by atoms with Gasteiger partial charge in [-0.25, -0.2) is 9.78 Å². The molecule has 0 aliphatic rings. The minimum atomic E-state index is -0.431. The van der Waals surface area contributed by atoms with Gasteiger partial charge in [0.2, 0.25) is 0 Å². The van der Waals surface area contributed by atoms with E-state index in [4.69, 9.17) is 11.5 Å². The smallest absolute Gasteiger partial charge is 0.328 e. The zero-order chi connectivity index (χ0) is 14.2. The topological polar surface area (TPSA) is 114 Å². The summed E-state index contributed by atoms with van der Waals surface area (Å²) in [7, 11) is 3.32. The van der Waals surface area contributed by atoms with Crippen LogP contribution in [0.3, 0.4) is 0 Å². The maximum absolute atomic E-state index is 12.3. The van der Waals surface area contributed by atoms with Gasteiger partial charge in [0.05, 0.1) is 12.5 Å². The summed E-state index contributed by atoms with van der Waals surface area (Å²) in [6.45, 7) is 0.303. The Labute approximate surface area is 109 Å². The third-order valence-electron chi connectivity index (χ3n) is 3.12. The van der Waals surface area contributed by atoms with E-state index in [2.05, 4.69) is 4.98 Å². The van der Waals surface area contributed by atoms with E-state index < -0.39 is 6.17 Å². The van der Waals surface area contributed by atoms with E-state index in [9.17, 15) is 9.59 Å². The summed E-state index contributed by atoms with van der Waals surface area (Å²) in [5, 5.41) is 0. The van der Waals surface area contributed by atoms with Crippen LogP contribution in [0.1, 0.15) is 12.8 Å². The number of fused-ring (bicyclic) bond motifs is 1. The molecule has 0 fully saturated rings. The van der Waals surface area contributed by atoms with Crippen molar-refractivity contribution in [3.05, 3.63) is 27.2 Å². The van der Waals surface area contributed by atoms with Gasteiger partial charge in [-0.05, 0) is 12.8 Å². The lowest BCUT2D eigenvalue weighted by molar-refractivity contribution is 0.515. The van der Waals surface area contributed by atoms with Crippen LogP contribution in [0.5, 0.6) is 0 Å². The van der Waals surface area contributed by atoms with Crippen molar-refractivity contribution in [3.63, 3.8) is 0 Å². The van der Waals surface area contributed by atoms with Crippen LogP contribution in [0.4, 0.5) is 0 Å². The van der Waals surface area contributed by atoms with Crippen LogP contribution < -0.4 is 22.7 Å². The normalized spacial score (nSPS) is 11.6. The second kappa shape index (κ2) is 4.98. The van der Waals surface area contributed by atoms with Crippen molar-refractivity contribution in [1.29, 1.82) is 0 Å². The zero-order valence-electron chi connectivity index (χ0n) is 11.0. The first-order chi connectivity index (χ1) is 8.93. The average molecular weight is 266 g/mol. The van der Waals surface area contributed by atoms with Crippen LogP contribution in [0, 0.1) is 0 Å². The van der Waals surface area contributed by atoms with E-state index in [1.165, 1.54) is 15.5 Å². The van der Waals surface area contributed by atoms with Crippen LogP contribution in [0.2, 0.25) is 0 Å². The zero-order valence-corrected chi connectivity index (χ0v) is 11.0. The van der Waals surface area contributed by atoms with Crippen LogP contribution >= 0.6 is 0 Å². The lowest BCUT2D eigenvalue weighted by Crippen LogP contribution is -2.40. The van der Waals surface area contributed by atoms with Gasteiger partial charge in [-0.3, -0.25) is 13.9 Å². The summed E-state index contributed by atoms with van der Waals surface area (Å²) < 4.78 is 4.19. The molecule has 8 nitrogen and oxygen atoms in total. The van der Waals surface area contributed by atoms with Gasteiger partial charge in [0.1, 0.15) is 0 Å². The van der Waals surface area contributed by atoms with Gasteiger partial charge in [-0.1, -0.05) is 0 Å². The highest BCUT2D eigenvalue weighted by molar-refractivity contribution is 5.69. The second-order valence-corrected chi connectivity index (χ2v) is 4.63. The van der Waals surface area contributed by atoms with Gasteiger partial charge in [0, 0.05) is 20.6 Å². The maximum Gasteiger partial charge on any atom is 0.332 e. The summed E-state index contributed by atoms with van der Waals surface area (Å²) >= 11 is 0. The molecule has 2 rings (SSSR count). The van der Waals surface area contributed by atoms with Crippen molar-refractivity contribution >= 4 is 11.2 Å². The Bertz CT molecular complexity index is 708. The maximum atomic E-state index is 12.3. The highest BCUT2D eigenvalue weighted by Gasteiger charge is 2.14. The molecule has 0 atom stereocenters. The predicted molar refractivity (Wildman–Crippen MR) is 71.6 cm³/mol. The van der Waals surface area contributed by atoms with E-state index in [0.717, 1.165) is 0 Å². The first kappa shape index (κ1) is 13.5. The molecule has 0 bridgehead atoms. The molecule has 0 saturated carbocycles. The van der Waals surface area contributed by atoms with E-state index in [1.807, 2.05) is 0 Å². The third kappa shape index (κ3) is 2.32. The standard InChI is InChI=1S/C11H18N6O2/c1-15-6-14-9-8(15)10(18)17(11(19)16(9)2)5-3-4-7(12)13/h6-7H,3-5,12-13H2,1-2H3. The first-order valence-corrected chi connectivity index (χ1v) is 6.05. The van der Waals surface area contributed by atoms with Crippen LogP contribution in [-0.4, -0.2) is 24.9 Å². The van der Waals surface area contributed by atoms with Crippen LogP contribution in [0.15, 0.2) is 15.9 Å². The predicted octanol–water partition coefficient (Wildman–Crippen LogP) is -1.54. The molecule has 0 saturated heterocycles. The van der Waals surface area contributed by atoms with Crippen molar-refractivity contribution < 1.29 is 0 Å². The molecule has 0 aromatic carbocycles. The van der Waals surface area contributed by atoms with Crippen molar-refractivity contribution in [2.45, 2.75) is 25.6 Å². The van der Waals surface area contributed by atoms with E-state index in [0.29, 0.717) is 30.6 Å². The molecule has 8 heteroatoms. The van der Waals surface area contributed by atoms with Gasteiger partial charge < -0.3 is 16.0 Å². The quantitative estimate of drug-likeness (QED) is 0.651. The lowest BCUT2D eigenvalue weighted by Gasteiger charge is -2.09. The molecule has 0 amide bonds. The number of hydrogen-bond donors (Lipinski definition) is 2. The van der Waals surface area contributed by atoms with Crippen LogP contribution in [0.25, 0.3) is 11.2 Å². The summed E-state index contributed by atoms with van der Waals surface area (Å²) in [6.07, 6.45) is 2.22. The monoisotopic (exact) mass is 266 g/mol. The van der Waals surface area contributed by atoms with E-state index in [1.54, 1.807) is 18.7 Å². The van der Waals surface area contributed by atoms with E-state index >= 15 is 0 Å². The van der Waals surface area contributed by atoms with Gasteiger partial charge in [0.15, 0.2) is 11.2 Å². The highest BCUT2D eigenvalue weighted by atomic mass is 16.2. The molecular formula is C11H18N6O2. The Kier molecular flexibility index (Phi) is 3.54. The molecule has 4 N–H and O–H groups in total. The third-order valence-corrected chi connectivity index (χ3v) is 3.12. The van der Waals surface area contributed by atoms with Crippen molar-refractivity contribution in [2.75, 3.05) is 0 Å². The summed E-state index contributed by atoms with van der Waals surface area (Å²) in [5.74, 6) is 0.